The Morgan fingerprint density at radius 1 is 1.00 bits per heavy atom. The predicted octanol–water partition coefficient (Wildman–Crippen LogP) is 4.41. The molecule has 126 valence electrons. The Balaban J connectivity index is 1.91. The zero-order chi connectivity index (χ0) is 15.5. The Labute approximate surface area is 136 Å². The molecule has 0 aromatic heterocycles. The summed E-state index contributed by atoms with van der Waals surface area (Å²) in [6.45, 7) is 11.4. The third-order valence-corrected chi connectivity index (χ3v) is 4.74. The standard InChI is InChI=1S/C17H35NO2S/c1-14(2)6-5-11-19-12-13-20-17-9-7-16(8-10-17)18-21-15(3)4/h14-18H,5-13H2,1-4H3. The van der Waals surface area contributed by atoms with E-state index < -0.39 is 0 Å². The highest BCUT2D eigenvalue weighted by Gasteiger charge is 2.21. The highest BCUT2D eigenvalue weighted by atomic mass is 32.2. The monoisotopic (exact) mass is 317 g/mol. The molecule has 1 rings (SSSR count). The molecule has 0 aromatic rings. The van der Waals surface area contributed by atoms with Crippen LogP contribution in [0.15, 0.2) is 0 Å². The molecule has 0 saturated heterocycles. The van der Waals surface area contributed by atoms with E-state index in [1.807, 2.05) is 11.9 Å². The maximum atomic E-state index is 5.92. The van der Waals surface area contributed by atoms with Gasteiger partial charge in [0, 0.05) is 17.9 Å². The Morgan fingerprint density at radius 3 is 2.33 bits per heavy atom. The van der Waals surface area contributed by atoms with Gasteiger partial charge in [0.25, 0.3) is 0 Å². The molecule has 0 bridgehead atoms. The predicted molar refractivity (Wildman–Crippen MR) is 92.7 cm³/mol. The van der Waals surface area contributed by atoms with Crippen LogP contribution in [0.2, 0.25) is 0 Å². The number of ether oxygens (including phenoxy) is 2. The van der Waals surface area contributed by atoms with E-state index in [4.69, 9.17) is 9.47 Å². The van der Waals surface area contributed by atoms with Crippen molar-refractivity contribution < 1.29 is 9.47 Å². The van der Waals surface area contributed by atoms with Gasteiger partial charge in [-0.15, -0.1) is 0 Å². The molecule has 0 spiro atoms. The second-order valence-electron chi connectivity index (χ2n) is 6.78. The molecule has 1 N–H and O–H groups in total. The van der Waals surface area contributed by atoms with Gasteiger partial charge in [-0.2, -0.15) is 0 Å². The lowest BCUT2D eigenvalue weighted by Crippen LogP contribution is -2.33. The van der Waals surface area contributed by atoms with Crippen LogP contribution < -0.4 is 4.72 Å². The first-order chi connectivity index (χ1) is 10.1. The van der Waals surface area contributed by atoms with Crippen LogP contribution in [0.5, 0.6) is 0 Å². The molecule has 0 aromatic carbocycles. The van der Waals surface area contributed by atoms with Gasteiger partial charge in [0.05, 0.1) is 19.3 Å². The van der Waals surface area contributed by atoms with Crippen molar-refractivity contribution >= 4 is 11.9 Å². The van der Waals surface area contributed by atoms with Gasteiger partial charge < -0.3 is 9.47 Å². The van der Waals surface area contributed by atoms with Crippen LogP contribution in [-0.4, -0.2) is 37.2 Å². The van der Waals surface area contributed by atoms with Crippen molar-refractivity contribution in [1.29, 1.82) is 0 Å². The molecule has 0 atom stereocenters. The third kappa shape index (κ3) is 10.6. The van der Waals surface area contributed by atoms with E-state index >= 15 is 0 Å². The molecule has 1 aliphatic carbocycles. The summed E-state index contributed by atoms with van der Waals surface area (Å²) in [5, 5.41) is 0.659. The zero-order valence-corrected chi connectivity index (χ0v) is 15.2. The highest BCUT2D eigenvalue weighted by Crippen LogP contribution is 2.23. The SMILES string of the molecule is CC(C)CCCOCCOC1CCC(NSC(C)C)CC1. The second-order valence-corrected chi connectivity index (χ2v) is 8.19. The minimum Gasteiger partial charge on any atom is -0.379 e. The summed E-state index contributed by atoms with van der Waals surface area (Å²) in [4.78, 5) is 0. The molecular weight excluding hydrogens is 282 g/mol. The number of hydrogen-bond donors (Lipinski definition) is 1. The number of nitrogens with one attached hydrogen (secondary N) is 1. The minimum atomic E-state index is 0.450. The average Bonchev–Trinajstić information content (AvgIpc) is 2.45. The smallest absolute Gasteiger partial charge is 0.0704 e. The molecule has 0 amide bonds. The quantitative estimate of drug-likeness (QED) is 0.451. The molecular formula is C17H35NO2S. The van der Waals surface area contributed by atoms with Crippen molar-refractivity contribution in [2.45, 2.75) is 83.6 Å². The van der Waals surface area contributed by atoms with Crippen LogP contribution in [0.3, 0.4) is 0 Å². The maximum Gasteiger partial charge on any atom is 0.0704 e. The maximum absolute atomic E-state index is 5.92. The molecule has 0 aliphatic heterocycles. The van der Waals surface area contributed by atoms with E-state index in [2.05, 4.69) is 32.4 Å². The van der Waals surface area contributed by atoms with Crippen molar-refractivity contribution in [2.24, 2.45) is 5.92 Å². The lowest BCUT2D eigenvalue weighted by Gasteiger charge is -2.29. The summed E-state index contributed by atoms with van der Waals surface area (Å²) < 4.78 is 15.1. The topological polar surface area (TPSA) is 30.5 Å². The van der Waals surface area contributed by atoms with Gasteiger partial charge in [-0.1, -0.05) is 39.6 Å². The minimum absolute atomic E-state index is 0.450. The van der Waals surface area contributed by atoms with Gasteiger partial charge in [0.2, 0.25) is 0 Å². The molecule has 0 unspecified atom stereocenters. The molecule has 1 aliphatic rings. The first-order valence-electron chi connectivity index (χ1n) is 8.68. The fourth-order valence-electron chi connectivity index (χ4n) is 2.55. The average molecular weight is 318 g/mol. The second kappa shape index (κ2) is 11.8. The summed E-state index contributed by atoms with van der Waals surface area (Å²) in [5.74, 6) is 0.780. The molecule has 0 heterocycles. The molecule has 1 fully saturated rings. The van der Waals surface area contributed by atoms with E-state index in [0.717, 1.165) is 25.7 Å². The van der Waals surface area contributed by atoms with E-state index in [9.17, 15) is 0 Å². The van der Waals surface area contributed by atoms with E-state index in [1.165, 1.54) is 38.5 Å². The van der Waals surface area contributed by atoms with Crippen molar-refractivity contribution in [1.82, 2.24) is 4.72 Å². The molecule has 4 heteroatoms. The summed E-state index contributed by atoms with van der Waals surface area (Å²) >= 11 is 1.86. The Morgan fingerprint density at radius 2 is 1.71 bits per heavy atom. The Hall–Kier alpha value is 0.230. The van der Waals surface area contributed by atoms with Gasteiger partial charge in [-0.05, 0) is 44.4 Å². The van der Waals surface area contributed by atoms with Crippen LogP contribution in [-0.2, 0) is 9.47 Å². The highest BCUT2D eigenvalue weighted by molar-refractivity contribution is 7.98. The van der Waals surface area contributed by atoms with E-state index in [0.29, 0.717) is 17.4 Å². The summed E-state index contributed by atoms with van der Waals surface area (Å²) in [6, 6.07) is 0.671. The van der Waals surface area contributed by atoms with E-state index in [1.54, 1.807) is 0 Å². The van der Waals surface area contributed by atoms with Crippen LogP contribution in [0, 0.1) is 5.92 Å². The van der Waals surface area contributed by atoms with Gasteiger partial charge >= 0.3 is 0 Å². The molecule has 3 nitrogen and oxygen atoms in total. The first kappa shape index (κ1) is 19.3. The largest absolute Gasteiger partial charge is 0.379 e. The number of hydrogen-bond acceptors (Lipinski definition) is 4. The van der Waals surface area contributed by atoms with Crippen molar-refractivity contribution in [2.75, 3.05) is 19.8 Å². The Kier molecular flexibility index (Phi) is 10.8. The third-order valence-electron chi connectivity index (χ3n) is 3.80. The van der Waals surface area contributed by atoms with Crippen LogP contribution in [0.4, 0.5) is 0 Å². The zero-order valence-electron chi connectivity index (χ0n) is 14.4. The van der Waals surface area contributed by atoms with E-state index in [-0.39, 0.29) is 0 Å². The van der Waals surface area contributed by atoms with Gasteiger partial charge in [0.15, 0.2) is 0 Å². The Bertz CT molecular complexity index is 241. The van der Waals surface area contributed by atoms with Crippen molar-refractivity contribution in [3.63, 3.8) is 0 Å². The molecule has 21 heavy (non-hydrogen) atoms. The van der Waals surface area contributed by atoms with Crippen LogP contribution in [0.1, 0.15) is 66.2 Å². The molecule has 0 radical (unpaired) electrons. The number of rotatable bonds is 11. The van der Waals surface area contributed by atoms with Crippen LogP contribution in [0.25, 0.3) is 0 Å². The normalized spacial score (nSPS) is 23.1. The van der Waals surface area contributed by atoms with Gasteiger partial charge in [0.1, 0.15) is 0 Å². The summed E-state index contributed by atoms with van der Waals surface area (Å²) in [5.41, 5.74) is 0. The van der Waals surface area contributed by atoms with Crippen LogP contribution >= 0.6 is 11.9 Å². The van der Waals surface area contributed by atoms with Crippen molar-refractivity contribution in [3.05, 3.63) is 0 Å². The fraction of sp³-hybridized carbons (Fsp3) is 1.00. The summed E-state index contributed by atoms with van der Waals surface area (Å²) in [6.07, 6.45) is 7.72. The van der Waals surface area contributed by atoms with Gasteiger partial charge in [-0.25, -0.2) is 0 Å². The lowest BCUT2D eigenvalue weighted by molar-refractivity contribution is -0.0132. The molecule has 1 saturated carbocycles. The summed E-state index contributed by atoms with van der Waals surface area (Å²) in [7, 11) is 0. The van der Waals surface area contributed by atoms with Gasteiger partial charge in [-0.3, -0.25) is 4.72 Å². The lowest BCUT2D eigenvalue weighted by atomic mass is 9.94. The fourth-order valence-corrected chi connectivity index (χ4v) is 3.25. The van der Waals surface area contributed by atoms with Crippen molar-refractivity contribution in [3.8, 4) is 0 Å². The first-order valence-corrected chi connectivity index (χ1v) is 9.56.